The molecule has 0 saturated heterocycles. The molecule has 0 spiro atoms. The van der Waals surface area contributed by atoms with Gasteiger partial charge in [0.05, 0.1) is 19.1 Å². The number of aromatic carboxylic acids is 1. The van der Waals surface area contributed by atoms with E-state index in [2.05, 4.69) is 41.5 Å². The molecule has 2 N–H and O–H groups in total. The van der Waals surface area contributed by atoms with E-state index in [-0.39, 0.29) is 5.69 Å². The predicted molar refractivity (Wildman–Crippen MR) is 139 cm³/mol. The van der Waals surface area contributed by atoms with Crippen molar-refractivity contribution in [1.82, 2.24) is 35.2 Å². The number of rotatable bonds is 6. The topological polar surface area (TPSA) is 136 Å². The number of benzene rings is 1. The second-order valence-corrected chi connectivity index (χ2v) is 9.41. The van der Waals surface area contributed by atoms with E-state index in [0.29, 0.717) is 30.0 Å². The summed E-state index contributed by atoms with van der Waals surface area (Å²) in [5.41, 5.74) is 7.64. The SMILES string of the molecule is CCc1nc2c(C)cc(C(=O)O)nc2n1Cc1c2ccocc-2c(Br)c1-c1ccccc1-c1nnn[nH]1. The molecule has 184 valence electrons. The Morgan fingerprint density at radius 3 is 2.68 bits per heavy atom. The molecule has 4 aromatic rings. The Morgan fingerprint density at radius 1 is 1.14 bits per heavy atom. The second kappa shape index (κ2) is 8.93. The van der Waals surface area contributed by atoms with Crippen molar-refractivity contribution in [2.24, 2.45) is 0 Å². The Labute approximate surface area is 218 Å². The normalized spacial score (nSPS) is 11.5. The Hall–Kier alpha value is -4.38. The van der Waals surface area contributed by atoms with Crippen molar-refractivity contribution in [1.29, 1.82) is 0 Å². The van der Waals surface area contributed by atoms with Crippen LogP contribution in [-0.2, 0) is 13.0 Å². The van der Waals surface area contributed by atoms with Crippen LogP contribution < -0.4 is 0 Å². The van der Waals surface area contributed by atoms with Crippen LogP contribution >= 0.6 is 15.9 Å². The van der Waals surface area contributed by atoms with Gasteiger partial charge >= 0.3 is 5.97 Å². The van der Waals surface area contributed by atoms with Crippen LogP contribution in [0.1, 0.15) is 34.4 Å². The zero-order valence-corrected chi connectivity index (χ0v) is 21.4. The number of pyridine rings is 1. The molecule has 0 atom stereocenters. The van der Waals surface area contributed by atoms with Gasteiger partial charge in [0.2, 0.25) is 0 Å². The number of imidazole rings is 1. The van der Waals surface area contributed by atoms with E-state index in [1.807, 2.05) is 48.7 Å². The summed E-state index contributed by atoms with van der Waals surface area (Å²) in [5, 5.41) is 24.1. The first kappa shape index (κ1) is 23.0. The standard InChI is InChI=1S/C26H20BrN7O3/c1-3-20-29-23-13(2)10-19(26(35)36)28-25(23)34(20)11-17-14-8-9-37-12-18(14)22(27)21(17)15-6-4-5-7-16(15)24-30-32-33-31-24/h4-10,12H,3,11H2,1-2H3,(H,35,36)(H,30,31,32,33). The van der Waals surface area contributed by atoms with E-state index in [9.17, 15) is 9.90 Å². The highest BCUT2D eigenvalue weighted by Crippen LogP contribution is 2.48. The van der Waals surface area contributed by atoms with Gasteiger partial charge in [-0.15, -0.1) is 5.10 Å². The quantitative estimate of drug-likeness (QED) is 0.279. The maximum Gasteiger partial charge on any atom is 0.354 e. The van der Waals surface area contributed by atoms with E-state index in [1.165, 1.54) is 0 Å². The third-order valence-electron chi connectivity index (χ3n) is 6.49. The van der Waals surface area contributed by atoms with Crippen molar-refractivity contribution in [3.63, 3.8) is 0 Å². The van der Waals surface area contributed by atoms with Crippen molar-refractivity contribution >= 4 is 33.1 Å². The summed E-state index contributed by atoms with van der Waals surface area (Å²) in [6.45, 7) is 4.30. The van der Waals surface area contributed by atoms with Crippen LogP contribution in [0.4, 0.5) is 0 Å². The zero-order chi connectivity index (χ0) is 25.7. The smallest absolute Gasteiger partial charge is 0.354 e. The van der Waals surface area contributed by atoms with Gasteiger partial charge in [0.15, 0.2) is 17.2 Å². The van der Waals surface area contributed by atoms with Crippen LogP contribution in [-0.4, -0.2) is 46.2 Å². The number of carboxylic acid groups (broad SMARTS) is 1. The molecule has 11 heteroatoms. The van der Waals surface area contributed by atoms with E-state index in [4.69, 9.17) is 9.40 Å². The maximum absolute atomic E-state index is 11.8. The second-order valence-electron chi connectivity index (χ2n) is 8.62. The largest absolute Gasteiger partial charge is 0.477 e. The molecule has 10 nitrogen and oxygen atoms in total. The Bertz CT molecular complexity index is 1750. The molecular weight excluding hydrogens is 538 g/mol. The minimum absolute atomic E-state index is 0.00969. The highest BCUT2D eigenvalue weighted by atomic mass is 79.9. The number of hydrogen-bond acceptors (Lipinski definition) is 7. The highest BCUT2D eigenvalue weighted by molar-refractivity contribution is 9.10. The maximum atomic E-state index is 11.8. The molecule has 1 aliphatic carbocycles. The molecule has 0 fully saturated rings. The molecule has 0 saturated carbocycles. The zero-order valence-electron chi connectivity index (χ0n) is 19.9. The van der Waals surface area contributed by atoms with E-state index in [0.717, 1.165) is 49.2 Å². The van der Waals surface area contributed by atoms with Gasteiger partial charge in [-0.1, -0.05) is 31.2 Å². The van der Waals surface area contributed by atoms with Crippen LogP contribution in [0.25, 0.3) is 44.8 Å². The molecule has 0 amide bonds. The van der Waals surface area contributed by atoms with Crippen LogP contribution in [0.3, 0.4) is 0 Å². The summed E-state index contributed by atoms with van der Waals surface area (Å²) in [6.07, 6.45) is 4.01. The minimum Gasteiger partial charge on any atom is -0.477 e. The van der Waals surface area contributed by atoms with Crippen molar-refractivity contribution in [3.8, 4) is 33.6 Å². The summed E-state index contributed by atoms with van der Waals surface area (Å²) < 4.78 is 8.40. The van der Waals surface area contributed by atoms with Gasteiger partial charge in [-0.3, -0.25) is 0 Å². The number of aromatic nitrogens is 7. The van der Waals surface area contributed by atoms with Crippen molar-refractivity contribution in [2.45, 2.75) is 26.8 Å². The fourth-order valence-electron chi connectivity index (χ4n) is 4.82. The number of hydrogen-bond donors (Lipinski definition) is 2. The first-order chi connectivity index (χ1) is 18.0. The van der Waals surface area contributed by atoms with E-state index < -0.39 is 5.97 Å². The average molecular weight is 558 g/mol. The molecule has 4 heterocycles. The Balaban J connectivity index is 1.63. The number of nitrogens with zero attached hydrogens (tertiary/aromatic N) is 6. The number of nitrogens with one attached hydrogen (secondary N) is 1. The molecule has 1 aliphatic heterocycles. The van der Waals surface area contributed by atoms with Gasteiger partial charge < -0.3 is 14.1 Å². The third-order valence-corrected chi connectivity index (χ3v) is 7.32. The minimum atomic E-state index is -1.07. The molecule has 6 rings (SSSR count). The predicted octanol–water partition coefficient (Wildman–Crippen LogP) is 5.36. The van der Waals surface area contributed by atoms with Gasteiger partial charge in [0, 0.05) is 27.6 Å². The van der Waals surface area contributed by atoms with Crippen LogP contribution in [0.2, 0.25) is 0 Å². The number of tetrazole rings is 1. The molecule has 0 radical (unpaired) electrons. The van der Waals surface area contributed by atoms with Crippen LogP contribution in [0, 0.1) is 6.92 Å². The number of halogens is 1. The molecule has 0 unspecified atom stereocenters. The number of carbonyl (C=O) groups is 1. The van der Waals surface area contributed by atoms with Crippen molar-refractivity contribution in [2.75, 3.05) is 0 Å². The first-order valence-corrected chi connectivity index (χ1v) is 12.4. The number of aromatic amines is 1. The van der Waals surface area contributed by atoms with E-state index in [1.54, 1.807) is 18.6 Å². The molecule has 2 aliphatic rings. The van der Waals surface area contributed by atoms with E-state index >= 15 is 0 Å². The van der Waals surface area contributed by atoms with Crippen molar-refractivity contribution in [3.05, 3.63) is 76.0 Å². The van der Waals surface area contributed by atoms with Gasteiger partial charge in [-0.2, -0.15) is 0 Å². The molecule has 37 heavy (non-hydrogen) atoms. The lowest BCUT2D eigenvalue weighted by Gasteiger charge is -2.13. The Kier molecular flexibility index (Phi) is 5.56. The molecule has 3 aromatic heterocycles. The lowest BCUT2D eigenvalue weighted by Crippen LogP contribution is -2.08. The number of aryl methyl sites for hydroxylation is 2. The molecule has 1 aromatic carbocycles. The van der Waals surface area contributed by atoms with Crippen LogP contribution in [0.15, 0.2) is 57.8 Å². The van der Waals surface area contributed by atoms with Gasteiger partial charge in [-0.05, 0) is 67.7 Å². The molecular formula is C26H20BrN7O3. The third kappa shape index (κ3) is 3.70. The summed E-state index contributed by atoms with van der Waals surface area (Å²) in [7, 11) is 0. The van der Waals surface area contributed by atoms with Crippen molar-refractivity contribution < 1.29 is 14.3 Å². The number of carboxylic acids is 1. The first-order valence-electron chi connectivity index (χ1n) is 11.6. The lowest BCUT2D eigenvalue weighted by molar-refractivity contribution is 0.0690. The van der Waals surface area contributed by atoms with Gasteiger partial charge in [0.1, 0.15) is 11.3 Å². The summed E-state index contributed by atoms with van der Waals surface area (Å²) in [5.74, 6) is 0.293. The van der Waals surface area contributed by atoms with Gasteiger partial charge in [-0.25, -0.2) is 19.9 Å². The average Bonchev–Trinajstić information content (AvgIpc) is 3.63. The molecule has 0 bridgehead atoms. The highest BCUT2D eigenvalue weighted by Gasteiger charge is 2.27. The number of H-pyrrole nitrogens is 1. The monoisotopic (exact) mass is 557 g/mol. The fourth-order valence-corrected chi connectivity index (χ4v) is 5.58. The number of fused-ring (bicyclic) bond motifs is 2. The summed E-state index contributed by atoms with van der Waals surface area (Å²) in [6, 6.07) is 11.4. The summed E-state index contributed by atoms with van der Waals surface area (Å²) >= 11 is 3.83. The van der Waals surface area contributed by atoms with Crippen LogP contribution in [0.5, 0.6) is 0 Å². The van der Waals surface area contributed by atoms with Gasteiger partial charge in [0.25, 0.3) is 0 Å². The fraction of sp³-hybridized carbons (Fsp3) is 0.154. The lowest BCUT2D eigenvalue weighted by atomic mass is 9.97. The summed E-state index contributed by atoms with van der Waals surface area (Å²) in [4.78, 5) is 21.1. The Morgan fingerprint density at radius 2 is 1.95 bits per heavy atom.